The summed E-state index contributed by atoms with van der Waals surface area (Å²) in [5, 5.41) is 8.98. The Kier molecular flexibility index (Phi) is 3.35. The first-order valence-electron chi connectivity index (χ1n) is 4.03. The maximum atomic E-state index is 12.4. The molecule has 0 bridgehead atoms. The van der Waals surface area contributed by atoms with Gasteiger partial charge < -0.3 is 9.84 Å². The van der Waals surface area contributed by atoms with Crippen LogP contribution < -0.4 is 4.74 Å². The predicted molar refractivity (Wildman–Crippen MR) is 46.4 cm³/mol. The lowest BCUT2D eigenvalue weighted by Gasteiger charge is -2.12. The molecule has 0 aliphatic carbocycles. The fourth-order valence-corrected chi connectivity index (χ4v) is 1.22. The second kappa shape index (κ2) is 4.32. The minimum atomic E-state index is -2.70. The lowest BCUT2D eigenvalue weighted by molar-refractivity contribution is 0.140. The zero-order chi connectivity index (χ0) is 10.7. The summed E-state index contributed by atoms with van der Waals surface area (Å²) in [6.45, 7) is 1.34. The standard InChI is InChI=1S/C9H11F2NO2/c1-5-3-12-7(9(10)11)8(14-2)6(5)4-13/h3,9,13H,4H2,1-2H3. The van der Waals surface area contributed by atoms with E-state index in [1.165, 1.54) is 13.3 Å². The van der Waals surface area contributed by atoms with Crippen LogP contribution >= 0.6 is 0 Å². The number of hydrogen-bond donors (Lipinski definition) is 1. The van der Waals surface area contributed by atoms with Crippen molar-refractivity contribution in [2.45, 2.75) is 20.0 Å². The van der Waals surface area contributed by atoms with Crippen molar-refractivity contribution < 1.29 is 18.6 Å². The molecule has 0 aliphatic heterocycles. The maximum Gasteiger partial charge on any atom is 0.284 e. The largest absolute Gasteiger partial charge is 0.494 e. The Bertz CT molecular complexity index is 329. The van der Waals surface area contributed by atoms with Gasteiger partial charge in [-0.25, -0.2) is 8.78 Å². The summed E-state index contributed by atoms with van der Waals surface area (Å²) >= 11 is 0. The summed E-state index contributed by atoms with van der Waals surface area (Å²) in [5.74, 6) is -0.0255. The number of aliphatic hydroxyl groups excluding tert-OH is 1. The quantitative estimate of drug-likeness (QED) is 0.814. The first-order chi connectivity index (χ1) is 6.61. The number of nitrogens with zero attached hydrogens (tertiary/aromatic N) is 1. The van der Waals surface area contributed by atoms with Crippen LogP contribution in [0, 0.1) is 6.92 Å². The molecule has 3 nitrogen and oxygen atoms in total. The zero-order valence-corrected chi connectivity index (χ0v) is 7.92. The number of halogens is 2. The third-order valence-electron chi connectivity index (χ3n) is 1.95. The minimum absolute atomic E-state index is 0.0255. The first kappa shape index (κ1) is 10.8. The van der Waals surface area contributed by atoms with Gasteiger partial charge in [0.05, 0.1) is 13.7 Å². The summed E-state index contributed by atoms with van der Waals surface area (Å²) < 4.78 is 29.7. The third kappa shape index (κ3) is 1.82. The predicted octanol–water partition coefficient (Wildman–Crippen LogP) is 1.83. The van der Waals surface area contributed by atoms with Crippen molar-refractivity contribution >= 4 is 0 Å². The van der Waals surface area contributed by atoms with Crippen LogP contribution in [0.5, 0.6) is 5.75 Å². The van der Waals surface area contributed by atoms with E-state index in [0.717, 1.165) is 0 Å². The third-order valence-corrected chi connectivity index (χ3v) is 1.95. The van der Waals surface area contributed by atoms with E-state index < -0.39 is 12.1 Å². The SMILES string of the molecule is COc1c(C(F)F)ncc(C)c1CO. The molecule has 0 radical (unpaired) electrons. The number of pyridine rings is 1. The molecule has 5 heteroatoms. The van der Waals surface area contributed by atoms with Gasteiger partial charge in [-0.2, -0.15) is 0 Å². The Morgan fingerprint density at radius 3 is 2.64 bits per heavy atom. The molecule has 0 fully saturated rings. The molecule has 1 heterocycles. The molecule has 0 aromatic carbocycles. The van der Waals surface area contributed by atoms with Crippen molar-refractivity contribution in [3.05, 3.63) is 23.0 Å². The van der Waals surface area contributed by atoms with Gasteiger partial charge in [0.15, 0.2) is 5.75 Å². The van der Waals surface area contributed by atoms with Crippen LogP contribution in [-0.4, -0.2) is 17.2 Å². The fourth-order valence-electron chi connectivity index (χ4n) is 1.22. The molecule has 0 spiro atoms. The molecule has 0 saturated carbocycles. The van der Waals surface area contributed by atoms with E-state index in [9.17, 15) is 8.78 Å². The van der Waals surface area contributed by atoms with Crippen LogP contribution in [-0.2, 0) is 6.61 Å². The second-order valence-electron chi connectivity index (χ2n) is 2.80. The topological polar surface area (TPSA) is 42.4 Å². The molecular formula is C9H11F2NO2. The normalized spacial score (nSPS) is 10.7. The van der Waals surface area contributed by atoms with Gasteiger partial charge in [0.2, 0.25) is 0 Å². The molecule has 1 rings (SSSR count). The monoisotopic (exact) mass is 203 g/mol. The highest BCUT2D eigenvalue weighted by Crippen LogP contribution is 2.31. The number of aromatic nitrogens is 1. The van der Waals surface area contributed by atoms with Gasteiger partial charge in [0.25, 0.3) is 6.43 Å². The average Bonchev–Trinajstić information content (AvgIpc) is 2.16. The summed E-state index contributed by atoms with van der Waals surface area (Å²) in [6.07, 6.45) is -1.40. The molecule has 1 aromatic heterocycles. The van der Waals surface area contributed by atoms with Crippen LogP contribution in [0.25, 0.3) is 0 Å². The van der Waals surface area contributed by atoms with Crippen LogP contribution in [0.3, 0.4) is 0 Å². The van der Waals surface area contributed by atoms with Gasteiger partial charge in [-0.1, -0.05) is 0 Å². The number of methoxy groups -OCH3 is 1. The highest BCUT2D eigenvalue weighted by atomic mass is 19.3. The Labute approximate surface area is 80.3 Å². The van der Waals surface area contributed by atoms with Crippen molar-refractivity contribution in [1.82, 2.24) is 4.98 Å². The number of alkyl halides is 2. The number of rotatable bonds is 3. The maximum absolute atomic E-state index is 12.4. The van der Waals surface area contributed by atoms with Crippen molar-refractivity contribution in [3.8, 4) is 5.75 Å². The summed E-state index contributed by atoms with van der Waals surface area (Å²) in [6, 6.07) is 0. The van der Waals surface area contributed by atoms with Crippen molar-refractivity contribution in [3.63, 3.8) is 0 Å². The average molecular weight is 203 g/mol. The summed E-state index contributed by atoms with van der Waals surface area (Å²) in [7, 11) is 1.28. The van der Waals surface area contributed by atoms with E-state index in [-0.39, 0.29) is 12.4 Å². The van der Waals surface area contributed by atoms with E-state index in [2.05, 4.69) is 4.98 Å². The van der Waals surface area contributed by atoms with Crippen molar-refractivity contribution in [2.24, 2.45) is 0 Å². The molecule has 78 valence electrons. The summed E-state index contributed by atoms with van der Waals surface area (Å²) in [5.41, 5.74) is 0.564. The fraction of sp³-hybridized carbons (Fsp3) is 0.444. The first-order valence-corrected chi connectivity index (χ1v) is 4.03. The van der Waals surface area contributed by atoms with Crippen LogP contribution in [0.2, 0.25) is 0 Å². The van der Waals surface area contributed by atoms with Crippen LogP contribution in [0.15, 0.2) is 6.20 Å². The van der Waals surface area contributed by atoms with Gasteiger partial charge in [-0.15, -0.1) is 0 Å². The van der Waals surface area contributed by atoms with E-state index in [4.69, 9.17) is 9.84 Å². The van der Waals surface area contributed by atoms with Gasteiger partial charge in [0.1, 0.15) is 5.69 Å². The smallest absolute Gasteiger partial charge is 0.284 e. The number of aryl methyl sites for hydroxylation is 1. The minimum Gasteiger partial charge on any atom is -0.494 e. The Morgan fingerprint density at radius 1 is 1.57 bits per heavy atom. The summed E-state index contributed by atoms with van der Waals surface area (Å²) in [4.78, 5) is 3.57. The molecular weight excluding hydrogens is 192 g/mol. The van der Waals surface area contributed by atoms with Gasteiger partial charge in [0, 0.05) is 11.8 Å². The van der Waals surface area contributed by atoms with Crippen molar-refractivity contribution in [1.29, 1.82) is 0 Å². The highest BCUT2D eigenvalue weighted by molar-refractivity contribution is 5.41. The lowest BCUT2D eigenvalue weighted by atomic mass is 10.1. The Morgan fingerprint density at radius 2 is 2.21 bits per heavy atom. The zero-order valence-electron chi connectivity index (χ0n) is 7.92. The number of aliphatic hydroxyl groups is 1. The molecule has 0 amide bonds. The van der Waals surface area contributed by atoms with E-state index in [1.54, 1.807) is 6.92 Å². The van der Waals surface area contributed by atoms with E-state index in [1.807, 2.05) is 0 Å². The lowest BCUT2D eigenvalue weighted by Crippen LogP contribution is -2.03. The van der Waals surface area contributed by atoms with Gasteiger partial charge in [-0.3, -0.25) is 4.98 Å². The van der Waals surface area contributed by atoms with Crippen LogP contribution in [0.1, 0.15) is 23.2 Å². The molecule has 1 aromatic rings. The highest BCUT2D eigenvalue weighted by Gasteiger charge is 2.19. The van der Waals surface area contributed by atoms with E-state index in [0.29, 0.717) is 11.1 Å². The molecule has 1 N–H and O–H groups in total. The number of ether oxygens (including phenoxy) is 1. The van der Waals surface area contributed by atoms with Crippen LogP contribution in [0.4, 0.5) is 8.78 Å². The number of hydrogen-bond acceptors (Lipinski definition) is 3. The van der Waals surface area contributed by atoms with E-state index >= 15 is 0 Å². The molecule has 0 aliphatic rings. The Balaban J connectivity index is 3.33. The van der Waals surface area contributed by atoms with Crippen molar-refractivity contribution in [2.75, 3.05) is 7.11 Å². The van der Waals surface area contributed by atoms with Gasteiger partial charge >= 0.3 is 0 Å². The molecule has 14 heavy (non-hydrogen) atoms. The second-order valence-corrected chi connectivity index (χ2v) is 2.80. The molecule has 0 saturated heterocycles. The van der Waals surface area contributed by atoms with Gasteiger partial charge in [-0.05, 0) is 12.5 Å². The molecule has 0 unspecified atom stereocenters. The Hall–Kier alpha value is -1.23. The molecule has 0 atom stereocenters.